The second-order valence-electron chi connectivity index (χ2n) is 4.53. The van der Waals surface area contributed by atoms with E-state index in [1.165, 1.54) is 11.8 Å². The van der Waals surface area contributed by atoms with Gasteiger partial charge < -0.3 is 10.0 Å². The summed E-state index contributed by atoms with van der Waals surface area (Å²) >= 11 is 0. The molecule has 0 aliphatic carbocycles. The molecule has 0 radical (unpaired) electrons. The second-order valence-corrected chi connectivity index (χ2v) is 4.53. The molecule has 0 bridgehead atoms. The Balaban J connectivity index is 2.38. The predicted molar refractivity (Wildman–Crippen MR) is 62.9 cm³/mol. The van der Waals surface area contributed by atoms with E-state index in [1.54, 1.807) is 30.3 Å². The molecule has 2 atom stereocenters. The van der Waals surface area contributed by atoms with Crippen LogP contribution in [-0.4, -0.2) is 40.6 Å². The minimum atomic E-state index is -2.41. The van der Waals surface area contributed by atoms with Crippen LogP contribution in [0.1, 0.15) is 18.4 Å². The molecule has 18 heavy (non-hydrogen) atoms. The molecule has 1 aromatic carbocycles. The molecular weight excluding hydrogens is 237 g/mol. The van der Waals surface area contributed by atoms with Crippen LogP contribution in [0, 0.1) is 0 Å². The van der Waals surface area contributed by atoms with E-state index < -0.39 is 24.1 Å². The zero-order valence-electron chi connectivity index (χ0n) is 9.97. The van der Waals surface area contributed by atoms with Crippen molar-refractivity contribution in [3.8, 4) is 0 Å². The molecule has 2 rings (SSSR count). The summed E-state index contributed by atoms with van der Waals surface area (Å²) in [7, 11) is 0. The molecule has 4 nitrogen and oxygen atoms in total. The number of nitrogens with zero attached hydrogens (tertiary/aromatic N) is 1. The molecular formula is C13H14FNO3. The van der Waals surface area contributed by atoms with Crippen LogP contribution >= 0.6 is 0 Å². The van der Waals surface area contributed by atoms with E-state index in [0.717, 1.165) is 0 Å². The third-order valence-electron chi connectivity index (χ3n) is 3.38. The SMILES string of the molecule is CC(=O)N1C[C@@H](c2ccccc2)[C@@](F)(C(=O)O)C1. The molecule has 1 fully saturated rings. The van der Waals surface area contributed by atoms with Gasteiger partial charge >= 0.3 is 5.97 Å². The summed E-state index contributed by atoms with van der Waals surface area (Å²) in [5, 5.41) is 9.09. The molecule has 1 amide bonds. The Hall–Kier alpha value is -1.91. The molecule has 1 aromatic rings. The maximum atomic E-state index is 14.6. The maximum Gasteiger partial charge on any atom is 0.344 e. The Kier molecular flexibility index (Phi) is 3.07. The lowest BCUT2D eigenvalue weighted by atomic mass is 9.86. The van der Waals surface area contributed by atoms with Gasteiger partial charge in [-0.2, -0.15) is 0 Å². The van der Waals surface area contributed by atoms with Crippen LogP contribution in [0.3, 0.4) is 0 Å². The number of aliphatic carboxylic acids is 1. The van der Waals surface area contributed by atoms with Gasteiger partial charge in [-0.25, -0.2) is 9.18 Å². The van der Waals surface area contributed by atoms with Crippen molar-refractivity contribution in [2.24, 2.45) is 0 Å². The number of amides is 1. The Morgan fingerprint density at radius 3 is 2.50 bits per heavy atom. The average molecular weight is 251 g/mol. The molecule has 1 aliphatic rings. The molecule has 1 heterocycles. The maximum absolute atomic E-state index is 14.6. The molecule has 1 N–H and O–H groups in total. The quantitative estimate of drug-likeness (QED) is 0.865. The third-order valence-corrected chi connectivity index (χ3v) is 3.38. The van der Waals surface area contributed by atoms with E-state index in [9.17, 15) is 14.0 Å². The lowest BCUT2D eigenvalue weighted by Gasteiger charge is -2.21. The number of carboxylic acid groups (broad SMARTS) is 1. The summed E-state index contributed by atoms with van der Waals surface area (Å²) in [4.78, 5) is 23.7. The topological polar surface area (TPSA) is 57.6 Å². The van der Waals surface area contributed by atoms with Crippen LogP contribution < -0.4 is 0 Å². The van der Waals surface area contributed by atoms with E-state index in [0.29, 0.717) is 5.56 Å². The fraction of sp³-hybridized carbons (Fsp3) is 0.385. The second kappa shape index (κ2) is 4.40. The van der Waals surface area contributed by atoms with Gasteiger partial charge in [0, 0.05) is 19.4 Å². The predicted octanol–water partition coefficient (Wildman–Crippen LogP) is 1.43. The normalized spacial score (nSPS) is 27.2. The molecule has 1 saturated heterocycles. The lowest BCUT2D eigenvalue weighted by molar-refractivity contribution is -0.151. The Morgan fingerprint density at radius 2 is 2.00 bits per heavy atom. The van der Waals surface area contributed by atoms with Crippen LogP contribution in [0.2, 0.25) is 0 Å². The summed E-state index contributed by atoms with van der Waals surface area (Å²) in [6.45, 7) is 1.02. The van der Waals surface area contributed by atoms with Crippen molar-refractivity contribution >= 4 is 11.9 Å². The fourth-order valence-corrected chi connectivity index (χ4v) is 2.33. The van der Waals surface area contributed by atoms with Gasteiger partial charge in [0.05, 0.1) is 6.54 Å². The largest absolute Gasteiger partial charge is 0.479 e. The van der Waals surface area contributed by atoms with Gasteiger partial charge in [0.2, 0.25) is 11.6 Å². The molecule has 0 saturated carbocycles. The molecule has 1 aliphatic heterocycles. The first-order valence-electron chi connectivity index (χ1n) is 5.68. The Morgan fingerprint density at radius 1 is 1.39 bits per heavy atom. The monoisotopic (exact) mass is 251 g/mol. The zero-order chi connectivity index (χ0) is 13.3. The number of benzene rings is 1. The van der Waals surface area contributed by atoms with E-state index in [2.05, 4.69) is 0 Å². The van der Waals surface area contributed by atoms with E-state index in [4.69, 9.17) is 5.11 Å². The van der Waals surface area contributed by atoms with Gasteiger partial charge in [-0.1, -0.05) is 30.3 Å². The van der Waals surface area contributed by atoms with Gasteiger partial charge in [0.1, 0.15) is 0 Å². The average Bonchev–Trinajstić information content (AvgIpc) is 2.70. The lowest BCUT2D eigenvalue weighted by Crippen LogP contribution is -2.41. The van der Waals surface area contributed by atoms with E-state index in [-0.39, 0.29) is 12.5 Å². The minimum absolute atomic E-state index is 0.0994. The van der Waals surface area contributed by atoms with Crippen LogP contribution in [0.25, 0.3) is 0 Å². The number of hydrogen-bond donors (Lipinski definition) is 1. The van der Waals surface area contributed by atoms with Gasteiger partial charge in [-0.3, -0.25) is 4.79 Å². The standard InChI is InChI=1S/C13H14FNO3/c1-9(16)15-7-11(10-5-3-2-4-6-10)13(14,8-15)12(17)18/h2-6,11H,7-8H2,1H3,(H,17,18)/t11-,13+/m0/s1. The van der Waals surface area contributed by atoms with Crippen LogP contribution in [0.5, 0.6) is 0 Å². The third kappa shape index (κ3) is 1.96. The minimum Gasteiger partial charge on any atom is -0.479 e. The van der Waals surface area contributed by atoms with Gasteiger partial charge in [0.25, 0.3) is 0 Å². The number of rotatable bonds is 2. The highest BCUT2D eigenvalue weighted by Gasteiger charge is 2.54. The summed E-state index contributed by atoms with van der Waals surface area (Å²) in [5.74, 6) is -2.64. The van der Waals surface area contributed by atoms with Crippen molar-refractivity contribution in [3.05, 3.63) is 35.9 Å². The first-order valence-corrected chi connectivity index (χ1v) is 5.68. The first-order chi connectivity index (χ1) is 8.45. The first kappa shape index (κ1) is 12.5. The highest BCUT2D eigenvalue weighted by atomic mass is 19.1. The molecule has 5 heteroatoms. The number of carboxylic acids is 1. The zero-order valence-corrected chi connectivity index (χ0v) is 9.97. The van der Waals surface area contributed by atoms with Crippen molar-refractivity contribution < 1.29 is 19.1 Å². The number of hydrogen-bond acceptors (Lipinski definition) is 2. The van der Waals surface area contributed by atoms with Crippen molar-refractivity contribution in [1.29, 1.82) is 0 Å². The van der Waals surface area contributed by atoms with Gasteiger partial charge in [-0.05, 0) is 5.56 Å². The summed E-state index contributed by atoms with van der Waals surface area (Å²) < 4.78 is 14.6. The smallest absolute Gasteiger partial charge is 0.344 e. The molecule has 0 unspecified atom stereocenters. The Bertz CT molecular complexity index is 476. The van der Waals surface area contributed by atoms with Crippen molar-refractivity contribution in [1.82, 2.24) is 4.90 Å². The van der Waals surface area contributed by atoms with E-state index >= 15 is 0 Å². The molecule has 0 aromatic heterocycles. The number of alkyl halides is 1. The highest BCUT2D eigenvalue weighted by Crippen LogP contribution is 2.39. The highest BCUT2D eigenvalue weighted by molar-refractivity contribution is 5.83. The van der Waals surface area contributed by atoms with Crippen molar-refractivity contribution in [3.63, 3.8) is 0 Å². The van der Waals surface area contributed by atoms with Crippen molar-refractivity contribution in [2.75, 3.05) is 13.1 Å². The summed E-state index contributed by atoms with van der Waals surface area (Å²) in [5.41, 5.74) is -1.81. The van der Waals surface area contributed by atoms with Gasteiger partial charge in [-0.15, -0.1) is 0 Å². The summed E-state index contributed by atoms with van der Waals surface area (Å²) in [6.07, 6.45) is 0. The molecule has 96 valence electrons. The van der Waals surface area contributed by atoms with Crippen LogP contribution in [0.4, 0.5) is 4.39 Å². The van der Waals surface area contributed by atoms with Crippen molar-refractivity contribution in [2.45, 2.75) is 18.5 Å². The number of likely N-dealkylation sites (tertiary alicyclic amines) is 1. The molecule has 0 spiro atoms. The van der Waals surface area contributed by atoms with Crippen LogP contribution in [0.15, 0.2) is 30.3 Å². The Labute approximate surface area is 104 Å². The fourth-order valence-electron chi connectivity index (χ4n) is 2.33. The number of carbonyl (C=O) groups is 2. The van der Waals surface area contributed by atoms with Crippen LogP contribution in [-0.2, 0) is 9.59 Å². The number of halogens is 1. The van der Waals surface area contributed by atoms with Gasteiger partial charge in [0.15, 0.2) is 0 Å². The number of carbonyl (C=O) groups excluding carboxylic acids is 1. The van der Waals surface area contributed by atoms with E-state index in [1.807, 2.05) is 0 Å². The summed E-state index contributed by atoms with van der Waals surface area (Å²) in [6, 6.07) is 8.61.